The van der Waals surface area contributed by atoms with Crippen LogP contribution >= 0.6 is 0 Å². The Bertz CT molecular complexity index is 794. The third-order valence-electron chi connectivity index (χ3n) is 5.46. The number of carbonyl (C=O) groups excluding carboxylic acids is 1. The Kier molecular flexibility index (Phi) is 5.18. The lowest BCUT2D eigenvalue weighted by atomic mass is 9.95. The van der Waals surface area contributed by atoms with Crippen LogP contribution in [0.4, 0.5) is 4.39 Å². The second-order valence-electron chi connectivity index (χ2n) is 7.44. The molecule has 2 bridgehead atoms. The van der Waals surface area contributed by atoms with Crippen LogP contribution in [-0.2, 0) is 13.1 Å². The van der Waals surface area contributed by atoms with Crippen molar-refractivity contribution in [1.29, 1.82) is 0 Å². The Morgan fingerprint density at radius 1 is 1.22 bits per heavy atom. The van der Waals surface area contributed by atoms with Crippen LogP contribution in [0.5, 0.6) is 0 Å². The molecule has 3 saturated heterocycles. The molecule has 2 atom stereocenters. The number of benzene rings is 1. The van der Waals surface area contributed by atoms with Crippen LogP contribution in [-0.4, -0.2) is 58.6 Å². The van der Waals surface area contributed by atoms with Crippen LogP contribution in [0.25, 0.3) is 0 Å². The van der Waals surface area contributed by atoms with Gasteiger partial charge in [0.2, 0.25) is 5.89 Å². The highest BCUT2D eigenvalue weighted by atomic mass is 19.1. The van der Waals surface area contributed by atoms with Crippen molar-refractivity contribution >= 4 is 5.91 Å². The summed E-state index contributed by atoms with van der Waals surface area (Å²) in [7, 11) is 1.54. The van der Waals surface area contributed by atoms with E-state index in [1.54, 1.807) is 7.05 Å². The van der Waals surface area contributed by atoms with Gasteiger partial charge in [-0.2, -0.15) is 4.98 Å². The van der Waals surface area contributed by atoms with Crippen molar-refractivity contribution in [3.63, 3.8) is 0 Å². The summed E-state index contributed by atoms with van der Waals surface area (Å²) >= 11 is 0. The molecule has 1 N–H and O–H groups in total. The second kappa shape index (κ2) is 7.74. The summed E-state index contributed by atoms with van der Waals surface area (Å²) in [6, 6.07) is 7.18. The van der Waals surface area contributed by atoms with Crippen LogP contribution in [0, 0.1) is 11.7 Å². The predicted molar refractivity (Wildman–Crippen MR) is 96.3 cm³/mol. The van der Waals surface area contributed by atoms with Crippen molar-refractivity contribution in [3.8, 4) is 0 Å². The van der Waals surface area contributed by atoms with Gasteiger partial charge in [0.05, 0.1) is 6.54 Å². The van der Waals surface area contributed by atoms with Gasteiger partial charge in [-0.05, 0) is 36.5 Å². The van der Waals surface area contributed by atoms with Gasteiger partial charge >= 0.3 is 0 Å². The first kappa shape index (κ1) is 18.1. The lowest BCUT2D eigenvalue weighted by molar-refractivity contribution is 0.0949. The van der Waals surface area contributed by atoms with Gasteiger partial charge in [-0.1, -0.05) is 17.3 Å². The van der Waals surface area contributed by atoms with Crippen molar-refractivity contribution < 1.29 is 13.7 Å². The molecule has 8 heteroatoms. The summed E-state index contributed by atoms with van der Waals surface area (Å²) in [5.41, 5.74) is 1.14. The van der Waals surface area contributed by atoms with E-state index in [2.05, 4.69) is 25.3 Å². The molecule has 5 rings (SSSR count). The average molecular weight is 373 g/mol. The van der Waals surface area contributed by atoms with Gasteiger partial charge in [-0.3, -0.25) is 14.6 Å². The van der Waals surface area contributed by atoms with E-state index in [9.17, 15) is 9.18 Å². The molecule has 0 unspecified atom stereocenters. The molecule has 0 spiro atoms. The zero-order valence-corrected chi connectivity index (χ0v) is 15.4. The SMILES string of the molecule is CNC(=O)c1noc(CN2C[C@H]3CC[C@@H]2CN(Cc2ccc(F)cc2)C3)n1. The molecular weight excluding hydrogens is 349 g/mol. The van der Waals surface area contributed by atoms with Gasteiger partial charge in [-0.25, -0.2) is 4.39 Å². The Morgan fingerprint density at radius 3 is 2.81 bits per heavy atom. The predicted octanol–water partition coefficient (Wildman–Crippen LogP) is 1.66. The van der Waals surface area contributed by atoms with E-state index in [0.29, 0.717) is 24.4 Å². The molecule has 1 aromatic carbocycles. The third kappa shape index (κ3) is 4.17. The summed E-state index contributed by atoms with van der Waals surface area (Å²) < 4.78 is 18.4. The lowest BCUT2D eigenvalue weighted by Gasteiger charge is -2.35. The monoisotopic (exact) mass is 373 g/mol. The Hall–Kier alpha value is -2.32. The van der Waals surface area contributed by atoms with Crippen molar-refractivity contribution in [2.24, 2.45) is 5.92 Å². The minimum Gasteiger partial charge on any atom is -0.352 e. The van der Waals surface area contributed by atoms with Crippen LogP contribution in [0.15, 0.2) is 28.8 Å². The van der Waals surface area contributed by atoms with Crippen LogP contribution in [0.3, 0.4) is 0 Å². The van der Waals surface area contributed by atoms with E-state index >= 15 is 0 Å². The van der Waals surface area contributed by atoms with Crippen molar-refractivity contribution in [3.05, 3.63) is 47.4 Å². The number of aromatic nitrogens is 2. The highest BCUT2D eigenvalue weighted by molar-refractivity contribution is 5.89. The number of amides is 1. The molecule has 0 saturated carbocycles. The number of fused-ring (bicyclic) bond motifs is 4. The molecule has 1 aromatic heterocycles. The number of hydrogen-bond acceptors (Lipinski definition) is 6. The van der Waals surface area contributed by atoms with Crippen LogP contribution < -0.4 is 5.32 Å². The van der Waals surface area contributed by atoms with Crippen molar-refractivity contribution in [2.45, 2.75) is 32.0 Å². The van der Waals surface area contributed by atoms with Gasteiger partial charge in [-0.15, -0.1) is 0 Å². The Morgan fingerprint density at radius 2 is 2.04 bits per heavy atom. The minimum absolute atomic E-state index is 0.0745. The van der Waals surface area contributed by atoms with Gasteiger partial charge in [0.25, 0.3) is 11.7 Å². The summed E-state index contributed by atoms with van der Waals surface area (Å²) in [6.07, 6.45) is 2.36. The fraction of sp³-hybridized carbons (Fsp3) is 0.526. The highest BCUT2D eigenvalue weighted by Crippen LogP contribution is 2.29. The van der Waals surface area contributed by atoms with E-state index in [1.165, 1.54) is 18.6 Å². The van der Waals surface area contributed by atoms with Gasteiger partial charge in [0.1, 0.15) is 5.82 Å². The molecule has 144 valence electrons. The summed E-state index contributed by atoms with van der Waals surface area (Å²) in [4.78, 5) is 20.6. The van der Waals surface area contributed by atoms with Crippen molar-refractivity contribution in [1.82, 2.24) is 25.3 Å². The maximum atomic E-state index is 13.1. The minimum atomic E-state index is -0.340. The summed E-state index contributed by atoms with van der Waals surface area (Å²) in [5, 5.41) is 6.25. The number of hydrogen-bond donors (Lipinski definition) is 1. The lowest BCUT2D eigenvalue weighted by Crippen LogP contribution is -2.43. The van der Waals surface area contributed by atoms with Crippen LogP contribution in [0.2, 0.25) is 0 Å². The Balaban J connectivity index is 1.41. The number of nitrogens with zero attached hydrogens (tertiary/aromatic N) is 4. The fourth-order valence-electron chi connectivity index (χ4n) is 4.14. The third-order valence-corrected chi connectivity index (χ3v) is 5.46. The first-order chi connectivity index (χ1) is 13.1. The molecule has 27 heavy (non-hydrogen) atoms. The molecule has 0 aliphatic carbocycles. The maximum absolute atomic E-state index is 13.1. The molecular formula is C19H24FN5O2. The molecule has 3 fully saturated rings. The zero-order chi connectivity index (χ0) is 18.8. The van der Waals surface area contributed by atoms with Gasteiger partial charge in [0, 0.05) is 39.3 Å². The zero-order valence-electron chi connectivity index (χ0n) is 15.4. The first-order valence-electron chi connectivity index (χ1n) is 9.36. The van der Waals surface area contributed by atoms with Crippen molar-refractivity contribution in [2.75, 3.05) is 26.7 Å². The standard InChI is InChI=1S/C19H24FN5O2/c1-21-19(26)18-22-17(27-23-18)12-25-10-14-4-7-16(25)11-24(9-14)8-13-2-5-15(20)6-3-13/h2-3,5-6,14,16H,4,7-12H2,1H3,(H,21,26)/t14-,16+/m0/s1. The molecule has 4 heterocycles. The molecule has 0 radical (unpaired) electrons. The summed E-state index contributed by atoms with van der Waals surface area (Å²) in [5.74, 6) is 0.603. The fourth-order valence-corrected chi connectivity index (χ4v) is 4.14. The highest BCUT2D eigenvalue weighted by Gasteiger charge is 2.35. The van der Waals surface area contributed by atoms with E-state index in [1.807, 2.05) is 12.1 Å². The normalized spacial score (nSPS) is 23.3. The van der Waals surface area contributed by atoms with E-state index in [-0.39, 0.29) is 17.5 Å². The first-order valence-corrected chi connectivity index (χ1v) is 9.36. The maximum Gasteiger partial charge on any atom is 0.292 e. The average Bonchev–Trinajstić information content (AvgIpc) is 2.97. The summed E-state index contributed by atoms with van der Waals surface area (Å²) in [6.45, 7) is 4.39. The topological polar surface area (TPSA) is 74.5 Å². The molecule has 3 aliphatic heterocycles. The molecule has 1 amide bonds. The largest absolute Gasteiger partial charge is 0.352 e. The number of piperidine rings is 1. The number of nitrogens with one attached hydrogen (secondary N) is 1. The quantitative estimate of drug-likeness (QED) is 0.859. The van der Waals surface area contributed by atoms with Gasteiger partial charge in [0.15, 0.2) is 0 Å². The van der Waals surface area contributed by atoms with Crippen LogP contribution in [0.1, 0.15) is 34.9 Å². The number of halogens is 1. The molecule has 7 nitrogen and oxygen atoms in total. The van der Waals surface area contributed by atoms with Gasteiger partial charge < -0.3 is 9.84 Å². The van der Waals surface area contributed by atoms with E-state index in [4.69, 9.17) is 4.52 Å². The number of rotatable bonds is 5. The Labute approximate surface area is 157 Å². The molecule has 2 aromatic rings. The smallest absolute Gasteiger partial charge is 0.292 e. The van der Waals surface area contributed by atoms with E-state index in [0.717, 1.165) is 38.2 Å². The molecule has 3 aliphatic rings. The van der Waals surface area contributed by atoms with E-state index < -0.39 is 0 Å². The number of carbonyl (C=O) groups is 1. The second-order valence-corrected chi connectivity index (χ2v) is 7.44.